The Balaban J connectivity index is 1.51. The number of ether oxygens (including phenoxy) is 2. The highest BCUT2D eigenvalue weighted by molar-refractivity contribution is 5.78. The summed E-state index contributed by atoms with van der Waals surface area (Å²) in [6.07, 6.45) is 0. The molecule has 27 heavy (non-hydrogen) atoms. The Bertz CT molecular complexity index is 794. The second-order valence-corrected chi connectivity index (χ2v) is 7.06. The van der Waals surface area contributed by atoms with E-state index in [0.29, 0.717) is 13.1 Å². The molecule has 0 aliphatic carbocycles. The SMILES string of the molecule is COc1ccc(N2CCN(C(=O)COc3cc(C)c(C)cc3C)CC2)cc1. The first kappa shape index (κ1) is 19.1. The lowest BCUT2D eigenvalue weighted by Crippen LogP contribution is -2.50. The summed E-state index contributed by atoms with van der Waals surface area (Å²) in [5.74, 6) is 1.69. The van der Waals surface area contributed by atoms with Crippen LogP contribution in [0.2, 0.25) is 0 Å². The maximum absolute atomic E-state index is 12.5. The molecule has 144 valence electrons. The molecule has 5 nitrogen and oxygen atoms in total. The summed E-state index contributed by atoms with van der Waals surface area (Å²) in [5.41, 5.74) is 4.64. The van der Waals surface area contributed by atoms with Crippen molar-refractivity contribution >= 4 is 11.6 Å². The van der Waals surface area contributed by atoms with Gasteiger partial charge in [-0.3, -0.25) is 4.79 Å². The Morgan fingerprint density at radius 2 is 1.56 bits per heavy atom. The standard InChI is InChI=1S/C22H28N2O3/c1-16-13-18(3)21(14-17(16)2)27-15-22(25)24-11-9-23(10-12-24)19-5-7-20(26-4)8-6-19/h5-8,13-14H,9-12,15H2,1-4H3. The number of rotatable bonds is 5. The molecule has 1 amide bonds. The maximum atomic E-state index is 12.5. The summed E-state index contributed by atoms with van der Waals surface area (Å²) in [5, 5.41) is 0. The van der Waals surface area contributed by atoms with E-state index in [0.717, 1.165) is 35.8 Å². The van der Waals surface area contributed by atoms with E-state index in [2.05, 4.69) is 36.9 Å². The monoisotopic (exact) mass is 368 g/mol. The fraction of sp³-hybridized carbons (Fsp3) is 0.409. The number of piperazine rings is 1. The molecular formula is C22H28N2O3. The van der Waals surface area contributed by atoms with E-state index in [1.165, 1.54) is 11.1 Å². The highest BCUT2D eigenvalue weighted by Crippen LogP contribution is 2.23. The fourth-order valence-corrected chi connectivity index (χ4v) is 3.33. The van der Waals surface area contributed by atoms with Crippen molar-refractivity contribution in [1.82, 2.24) is 4.90 Å². The van der Waals surface area contributed by atoms with Gasteiger partial charge in [-0.25, -0.2) is 0 Å². The number of hydrogen-bond donors (Lipinski definition) is 0. The number of aryl methyl sites for hydroxylation is 3. The predicted octanol–water partition coefficient (Wildman–Crippen LogP) is 3.35. The molecule has 0 spiro atoms. The lowest BCUT2D eigenvalue weighted by atomic mass is 10.1. The van der Waals surface area contributed by atoms with Crippen LogP contribution in [0.4, 0.5) is 5.69 Å². The molecule has 1 fully saturated rings. The van der Waals surface area contributed by atoms with Crippen LogP contribution in [0.1, 0.15) is 16.7 Å². The molecule has 0 bridgehead atoms. The number of hydrogen-bond acceptors (Lipinski definition) is 4. The number of benzene rings is 2. The van der Waals surface area contributed by atoms with Crippen LogP contribution in [-0.2, 0) is 4.79 Å². The lowest BCUT2D eigenvalue weighted by Gasteiger charge is -2.36. The Morgan fingerprint density at radius 1 is 0.926 bits per heavy atom. The van der Waals surface area contributed by atoms with Gasteiger partial charge in [0.05, 0.1) is 7.11 Å². The Labute approximate surface area is 161 Å². The molecule has 0 N–H and O–H groups in total. The van der Waals surface area contributed by atoms with Crippen molar-refractivity contribution in [3.05, 3.63) is 53.1 Å². The van der Waals surface area contributed by atoms with Gasteiger partial charge >= 0.3 is 0 Å². The molecule has 3 rings (SSSR count). The maximum Gasteiger partial charge on any atom is 0.260 e. The average molecular weight is 368 g/mol. The predicted molar refractivity (Wildman–Crippen MR) is 108 cm³/mol. The summed E-state index contributed by atoms with van der Waals surface area (Å²) in [6.45, 7) is 9.30. The zero-order valence-electron chi connectivity index (χ0n) is 16.6. The first-order valence-electron chi connectivity index (χ1n) is 9.35. The van der Waals surface area contributed by atoms with Crippen molar-refractivity contribution in [1.29, 1.82) is 0 Å². The largest absolute Gasteiger partial charge is 0.497 e. The normalized spacial score (nSPS) is 14.2. The molecular weight excluding hydrogens is 340 g/mol. The van der Waals surface area contributed by atoms with E-state index in [-0.39, 0.29) is 12.5 Å². The Hall–Kier alpha value is -2.69. The average Bonchev–Trinajstić information content (AvgIpc) is 2.69. The lowest BCUT2D eigenvalue weighted by molar-refractivity contribution is -0.133. The summed E-state index contributed by atoms with van der Waals surface area (Å²) in [6, 6.07) is 12.2. The van der Waals surface area contributed by atoms with E-state index in [1.807, 2.05) is 30.0 Å². The van der Waals surface area contributed by atoms with Crippen LogP contribution >= 0.6 is 0 Å². The summed E-state index contributed by atoms with van der Waals surface area (Å²) >= 11 is 0. The van der Waals surface area contributed by atoms with Gasteiger partial charge in [0, 0.05) is 31.9 Å². The molecule has 0 radical (unpaired) electrons. The molecule has 5 heteroatoms. The summed E-state index contributed by atoms with van der Waals surface area (Å²) in [4.78, 5) is 16.7. The van der Waals surface area contributed by atoms with Crippen LogP contribution in [0.3, 0.4) is 0 Å². The highest BCUT2D eigenvalue weighted by Gasteiger charge is 2.22. The summed E-state index contributed by atoms with van der Waals surface area (Å²) < 4.78 is 11.0. The van der Waals surface area contributed by atoms with Crippen LogP contribution in [-0.4, -0.2) is 50.7 Å². The molecule has 0 atom stereocenters. The quantitative estimate of drug-likeness (QED) is 0.812. The van der Waals surface area contributed by atoms with Crippen molar-refractivity contribution < 1.29 is 14.3 Å². The molecule has 2 aromatic carbocycles. The minimum atomic E-state index is 0.0435. The number of anilines is 1. The van der Waals surface area contributed by atoms with Gasteiger partial charge in [0.15, 0.2) is 6.61 Å². The first-order valence-corrected chi connectivity index (χ1v) is 9.35. The molecule has 1 heterocycles. The second kappa shape index (κ2) is 8.33. The van der Waals surface area contributed by atoms with E-state index in [1.54, 1.807) is 7.11 Å². The van der Waals surface area contributed by atoms with Gasteiger partial charge in [-0.05, 0) is 67.8 Å². The van der Waals surface area contributed by atoms with Crippen molar-refractivity contribution in [2.24, 2.45) is 0 Å². The molecule has 0 saturated carbocycles. The number of amides is 1. The molecule has 1 aliphatic rings. The van der Waals surface area contributed by atoms with Crippen LogP contribution < -0.4 is 14.4 Å². The molecule has 1 saturated heterocycles. The number of carbonyl (C=O) groups is 1. The smallest absolute Gasteiger partial charge is 0.260 e. The van der Waals surface area contributed by atoms with Crippen molar-refractivity contribution in [2.75, 3.05) is 44.8 Å². The van der Waals surface area contributed by atoms with Gasteiger partial charge in [0.2, 0.25) is 0 Å². The zero-order valence-corrected chi connectivity index (χ0v) is 16.6. The molecule has 0 unspecified atom stereocenters. The van der Waals surface area contributed by atoms with Gasteiger partial charge in [-0.15, -0.1) is 0 Å². The van der Waals surface area contributed by atoms with Crippen LogP contribution in [0, 0.1) is 20.8 Å². The van der Waals surface area contributed by atoms with E-state index in [9.17, 15) is 4.79 Å². The Morgan fingerprint density at radius 3 is 2.19 bits per heavy atom. The Kier molecular flexibility index (Phi) is 5.89. The highest BCUT2D eigenvalue weighted by atomic mass is 16.5. The van der Waals surface area contributed by atoms with Gasteiger partial charge in [-0.1, -0.05) is 6.07 Å². The van der Waals surface area contributed by atoms with Gasteiger partial charge in [-0.2, -0.15) is 0 Å². The van der Waals surface area contributed by atoms with Crippen molar-refractivity contribution in [2.45, 2.75) is 20.8 Å². The van der Waals surface area contributed by atoms with E-state index < -0.39 is 0 Å². The van der Waals surface area contributed by atoms with E-state index in [4.69, 9.17) is 9.47 Å². The van der Waals surface area contributed by atoms with Crippen molar-refractivity contribution in [3.63, 3.8) is 0 Å². The minimum absolute atomic E-state index is 0.0435. The van der Waals surface area contributed by atoms with Crippen molar-refractivity contribution in [3.8, 4) is 11.5 Å². The fourth-order valence-electron chi connectivity index (χ4n) is 3.33. The zero-order chi connectivity index (χ0) is 19.4. The number of methoxy groups -OCH3 is 1. The molecule has 1 aliphatic heterocycles. The van der Waals surface area contributed by atoms with Crippen LogP contribution in [0.5, 0.6) is 11.5 Å². The van der Waals surface area contributed by atoms with Gasteiger partial charge in [0.25, 0.3) is 5.91 Å². The third kappa shape index (κ3) is 4.54. The minimum Gasteiger partial charge on any atom is -0.497 e. The number of carbonyl (C=O) groups excluding carboxylic acids is 1. The van der Waals surface area contributed by atoms with Crippen LogP contribution in [0.25, 0.3) is 0 Å². The van der Waals surface area contributed by atoms with Gasteiger partial charge in [0.1, 0.15) is 11.5 Å². The first-order chi connectivity index (χ1) is 13.0. The third-order valence-corrected chi connectivity index (χ3v) is 5.21. The van der Waals surface area contributed by atoms with Gasteiger partial charge < -0.3 is 19.3 Å². The molecule has 2 aromatic rings. The third-order valence-electron chi connectivity index (χ3n) is 5.21. The van der Waals surface area contributed by atoms with Crippen LogP contribution in [0.15, 0.2) is 36.4 Å². The second-order valence-electron chi connectivity index (χ2n) is 7.06. The summed E-state index contributed by atoms with van der Waals surface area (Å²) in [7, 11) is 1.67. The van der Waals surface area contributed by atoms with E-state index >= 15 is 0 Å². The topological polar surface area (TPSA) is 42.0 Å². The number of nitrogens with zero attached hydrogens (tertiary/aromatic N) is 2. The molecule has 0 aromatic heterocycles.